The predicted molar refractivity (Wildman–Crippen MR) is 97.9 cm³/mol. The smallest absolute Gasteiger partial charge is 0.281 e. The summed E-state index contributed by atoms with van der Waals surface area (Å²) in [4.78, 5) is 12.8. The molecule has 0 saturated carbocycles. The monoisotopic (exact) mass is 362 g/mol. The zero-order valence-electron chi connectivity index (χ0n) is 14.4. The molecular formula is C20H15FN4O2. The minimum atomic E-state index is -0.571. The van der Waals surface area contributed by atoms with Crippen LogP contribution in [0.2, 0.25) is 0 Å². The second kappa shape index (κ2) is 7.62. The summed E-state index contributed by atoms with van der Waals surface area (Å²) in [5, 5.41) is 27.7. The standard InChI is InChI=1S/C20H15FN4O2/c1-13-17(11-22)19(26)25(12-14-5-3-2-4-6-14)20(27)18(13)24-23-16-9-7-15(21)8-10-16/h2-10,26H,12H2,1H3. The van der Waals surface area contributed by atoms with Crippen molar-refractivity contribution in [1.29, 1.82) is 5.26 Å². The minimum absolute atomic E-state index is 0.0430. The Bertz CT molecular complexity index is 1100. The number of hydrogen-bond donors (Lipinski definition) is 1. The topological polar surface area (TPSA) is 90.7 Å². The molecule has 0 unspecified atom stereocenters. The zero-order valence-corrected chi connectivity index (χ0v) is 14.4. The molecule has 7 heteroatoms. The van der Waals surface area contributed by atoms with E-state index in [0.717, 1.165) is 10.1 Å². The molecule has 2 aromatic carbocycles. The third-order valence-electron chi connectivity index (χ3n) is 4.04. The summed E-state index contributed by atoms with van der Waals surface area (Å²) < 4.78 is 14.1. The first kappa shape index (κ1) is 18.0. The summed E-state index contributed by atoms with van der Waals surface area (Å²) in [7, 11) is 0. The molecule has 0 spiro atoms. The number of aromatic nitrogens is 1. The van der Waals surface area contributed by atoms with E-state index in [-0.39, 0.29) is 23.4 Å². The van der Waals surface area contributed by atoms with Gasteiger partial charge < -0.3 is 5.11 Å². The van der Waals surface area contributed by atoms with Crippen molar-refractivity contribution in [3.8, 4) is 11.9 Å². The lowest BCUT2D eigenvalue weighted by atomic mass is 10.1. The summed E-state index contributed by atoms with van der Waals surface area (Å²) in [6.07, 6.45) is 0. The van der Waals surface area contributed by atoms with Crippen molar-refractivity contribution < 1.29 is 9.50 Å². The number of benzene rings is 2. The SMILES string of the molecule is Cc1c(C#N)c(O)n(Cc2ccccc2)c(=O)c1N=Nc1ccc(F)cc1. The van der Waals surface area contributed by atoms with Crippen LogP contribution in [0.25, 0.3) is 0 Å². The third kappa shape index (κ3) is 3.75. The molecule has 1 aromatic heterocycles. The van der Waals surface area contributed by atoms with E-state index in [1.807, 2.05) is 24.3 Å². The second-order valence-corrected chi connectivity index (χ2v) is 5.84. The largest absolute Gasteiger partial charge is 0.493 e. The molecule has 0 saturated heterocycles. The summed E-state index contributed by atoms with van der Waals surface area (Å²) >= 11 is 0. The Morgan fingerprint density at radius 1 is 1.11 bits per heavy atom. The summed E-state index contributed by atoms with van der Waals surface area (Å²) in [6, 6.07) is 16.3. The Morgan fingerprint density at radius 2 is 1.78 bits per heavy atom. The number of aromatic hydroxyl groups is 1. The van der Waals surface area contributed by atoms with Crippen LogP contribution in [-0.4, -0.2) is 9.67 Å². The van der Waals surface area contributed by atoms with Gasteiger partial charge in [0.15, 0.2) is 5.69 Å². The van der Waals surface area contributed by atoms with Crippen molar-refractivity contribution in [2.24, 2.45) is 10.2 Å². The molecule has 6 nitrogen and oxygen atoms in total. The van der Waals surface area contributed by atoms with Crippen molar-refractivity contribution >= 4 is 11.4 Å². The van der Waals surface area contributed by atoms with Gasteiger partial charge in [0.1, 0.15) is 17.4 Å². The van der Waals surface area contributed by atoms with E-state index in [0.29, 0.717) is 5.69 Å². The molecule has 1 heterocycles. The van der Waals surface area contributed by atoms with Gasteiger partial charge in [-0.2, -0.15) is 10.4 Å². The molecular weight excluding hydrogens is 347 g/mol. The van der Waals surface area contributed by atoms with Gasteiger partial charge in [0.05, 0.1) is 12.2 Å². The van der Waals surface area contributed by atoms with Gasteiger partial charge in [0, 0.05) is 5.56 Å². The Morgan fingerprint density at radius 3 is 2.41 bits per heavy atom. The highest BCUT2D eigenvalue weighted by molar-refractivity contribution is 5.57. The maximum Gasteiger partial charge on any atom is 0.281 e. The normalized spacial score (nSPS) is 10.9. The van der Waals surface area contributed by atoms with Gasteiger partial charge in [0.2, 0.25) is 5.88 Å². The highest BCUT2D eigenvalue weighted by Crippen LogP contribution is 2.27. The van der Waals surface area contributed by atoms with E-state index in [1.165, 1.54) is 31.2 Å². The Hall–Kier alpha value is -3.79. The van der Waals surface area contributed by atoms with Crippen molar-refractivity contribution in [2.75, 3.05) is 0 Å². The van der Waals surface area contributed by atoms with Crippen LogP contribution < -0.4 is 5.56 Å². The fourth-order valence-corrected chi connectivity index (χ4v) is 2.59. The summed E-state index contributed by atoms with van der Waals surface area (Å²) in [5.74, 6) is -0.823. The number of halogens is 1. The van der Waals surface area contributed by atoms with Crippen molar-refractivity contribution in [1.82, 2.24) is 4.57 Å². The first-order valence-corrected chi connectivity index (χ1v) is 8.09. The van der Waals surface area contributed by atoms with Gasteiger partial charge in [-0.15, -0.1) is 5.11 Å². The highest BCUT2D eigenvalue weighted by atomic mass is 19.1. The fraction of sp³-hybridized carbons (Fsp3) is 0.100. The number of azo groups is 1. The van der Waals surface area contributed by atoms with Gasteiger partial charge in [0.25, 0.3) is 5.56 Å². The van der Waals surface area contributed by atoms with E-state index < -0.39 is 17.3 Å². The van der Waals surface area contributed by atoms with E-state index >= 15 is 0 Å². The number of nitriles is 1. The van der Waals surface area contributed by atoms with Crippen LogP contribution in [0.3, 0.4) is 0 Å². The Kier molecular flexibility index (Phi) is 5.08. The first-order chi connectivity index (χ1) is 13.0. The van der Waals surface area contributed by atoms with Crippen molar-refractivity contribution in [3.05, 3.63) is 87.5 Å². The molecule has 0 amide bonds. The Labute approximate surface area is 154 Å². The van der Waals surface area contributed by atoms with Crippen LogP contribution in [0.5, 0.6) is 5.88 Å². The van der Waals surface area contributed by atoms with Crippen molar-refractivity contribution in [2.45, 2.75) is 13.5 Å². The maximum atomic E-state index is 13.0. The van der Waals surface area contributed by atoms with Gasteiger partial charge in [-0.25, -0.2) is 4.39 Å². The molecule has 27 heavy (non-hydrogen) atoms. The summed E-state index contributed by atoms with van der Waals surface area (Å²) in [6.45, 7) is 1.60. The quantitative estimate of drug-likeness (QED) is 0.700. The van der Waals surface area contributed by atoms with Gasteiger partial charge in [-0.1, -0.05) is 30.3 Å². The van der Waals surface area contributed by atoms with Crippen LogP contribution in [-0.2, 0) is 6.54 Å². The van der Waals surface area contributed by atoms with Crippen LogP contribution in [0, 0.1) is 24.1 Å². The minimum Gasteiger partial charge on any atom is -0.493 e. The van der Waals surface area contributed by atoms with E-state index in [1.54, 1.807) is 12.1 Å². The molecule has 0 fully saturated rings. The molecule has 0 radical (unpaired) electrons. The lowest BCUT2D eigenvalue weighted by molar-refractivity contribution is 0.412. The molecule has 3 aromatic rings. The molecule has 0 aliphatic carbocycles. The average molecular weight is 362 g/mol. The molecule has 0 bridgehead atoms. The maximum absolute atomic E-state index is 13.0. The van der Waals surface area contributed by atoms with E-state index in [9.17, 15) is 19.6 Å². The lowest BCUT2D eigenvalue weighted by Crippen LogP contribution is -2.22. The molecule has 0 aliphatic heterocycles. The fourth-order valence-electron chi connectivity index (χ4n) is 2.59. The van der Waals surface area contributed by atoms with Gasteiger partial charge >= 0.3 is 0 Å². The molecule has 0 atom stereocenters. The number of nitrogens with zero attached hydrogens (tertiary/aromatic N) is 4. The van der Waals surface area contributed by atoms with Crippen LogP contribution in [0.1, 0.15) is 16.7 Å². The molecule has 3 rings (SSSR count). The second-order valence-electron chi connectivity index (χ2n) is 5.84. The zero-order chi connectivity index (χ0) is 19.4. The Balaban J connectivity index is 2.10. The third-order valence-corrected chi connectivity index (χ3v) is 4.04. The van der Waals surface area contributed by atoms with Gasteiger partial charge in [-0.05, 0) is 36.8 Å². The average Bonchev–Trinajstić information content (AvgIpc) is 2.68. The molecule has 134 valence electrons. The number of pyridine rings is 1. The number of rotatable bonds is 4. The molecule has 0 aliphatic rings. The van der Waals surface area contributed by atoms with Crippen LogP contribution >= 0.6 is 0 Å². The van der Waals surface area contributed by atoms with Gasteiger partial charge in [-0.3, -0.25) is 9.36 Å². The number of hydrogen-bond acceptors (Lipinski definition) is 5. The van der Waals surface area contributed by atoms with Crippen LogP contribution in [0.4, 0.5) is 15.8 Å². The molecule has 1 N–H and O–H groups in total. The van der Waals surface area contributed by atoms with E-state index in [2.05, 4.69) is 10.2 Å². The lowest BCUT2D eigenvalue weighted by Gasteiger charge is -2.13. The summed E-state index contributed by atoms with van der Waals surface area (Å²) in [5.41, 5.74) is 0.706. The van der Waals surface area contributed by atoms with Crippen molar-refractivity contribution in [3.63, 3.8) is 0 Å². The van der Waals surface area contributed by atoms with E-state index in [4.69, 9.17) is 0 Å². The first-order valence-electron chi connectivity index (χ1n) is 8.09. The van der Waals surface area contributed by atoms with Crippen LogP contribution in [0.15, 0.2) is 69.6 Å². The predicted octanol–water partition coefficient (Wildman–Crippen LogP) is 4.34. The highest BCUT2D eigenvalue weighted by Gasteiger charge is 2.19.